The molecule has 0 aliphatic carbocycles. The topological polar surface area (TPSA) is 107 Å². The molecule has 1 fully saturated rings. The molecular weight excluding hydrogens is 486 g/mol. The van der Waals surface area contributed by atoms with Crippen molar-refractivity contribution in [2.24, 2.45) is 0 Å². The van der Waals surface area contributed by atoms with E-state index in [0.29, 0.717) is 25.5 Å². The van der Waals surface area contributed by atoms with E-state index in [4.69, 9.17) is 9.15 Å². The van der Waals surface area contributed by atoms with Crippen LogP contribution in [-0.2, 0) is 19.6 Å². The Bertz CT molecular complexity index is 1300. The first-order valence-electron chi connectivity index (χ1n) is 13.0. The molecule has 0 radical (unpaired) electrons. The van der Waals surface area contributed by atoms with Crippen LogP contribution in [0.5, 0.6) is 17.2 Å². The van der Waals surface area contributed by atoms with Crippen molar-refractivity contribution in [1.29, 1.82) is 0 Å². The van der Waals surface area contributed by atoms with Gasteiger partial charge in [-0.2, -0.15) is 0 Å². The Labute approximate surface area is 221 Å². The van der Waals surface area contributed by atoms with E-state index in [1.54, 1.807) is 24.1 Å². The second-order valence-corrected chi connectivity index (χ2v) is 9.97. The first-order chi connectivity index (χ1) is 18.4. The molecule has 0 unspecified atom stereocenters. The highest BCUT2D eigenvalue weighted by Crippen LogP contribution is 2.33. The summed E-state index contributed by atoms with van der Waals surface area (Å²) in [6.07, 6.45) is 5.05. The summed E-state index contributed by atoms with van der Waals surface area (Å²) in [5.41, 5.74) is 1.89. The predicted molar refractivity (Wildman–Crippen MR) is 140 cm³/mol. The lowest BCUT2D eigenvalue weighted by atomic mass is 10.1. The predicted octanol–water partition coefficient (Wildman–Crippen LogP) is 3.98. The summed E-state index contributed by atoms with van der Waals surface area (Å²) >= 11 is 0. The Morgan fingerprint density at radius 3 is 2.53 bits per heavy atom. The van der Waals surface area contributed by atoms with E-state index in [1.165, 1.54) is 43.2 Å². The molecule has 3 aromatic rings. The fraction of sp³-hybridized carbons (Fsp3) is 0.379. The SMILES string of the molecule is CN(Cc1ccco1)C(=O)c1cc(C(=O)N2Cc3ccc(OCCCN4CCCC4)cc3C2)c(O)cc1O. The van der Waals surface area contributed by atoms with Gasteiger partial charge in [0.1, 0.15) is 23.0 Å². The van der Waals surface area contributed by atoms with Crippen molar-refractivity contribution >= 4 is 11.8 Å². The minimum atomic E-state index is -0.496. The number of phenolic OH excluding ortho intramolecular Hbond substituents is 2. The summed E-state index contributed by atoms with van der Waals surface area (Å²) < 4.78 is 11.2. The Morgan fingerprint density at radius 1 is 1.00 bits per heavy atom. The number of amides is 2. The Morgan fingerprint density at radius 2 is 1.76 bits per heavy atom. The third kappa shape index (κ3) is 5.62. The zero-order chi connectivity index (χ0) is 26.6. The molecule has 0 spiro atoms. The van der Waals surface area contributed by atoms with Crippen LogP contribution in [0.4, 0.5) is 0 Å². The molecule has 9 heteroatoms. The minimum absolute atomic E-state index is 0.0382. The molecular formula is C29H33N3O6. The number of carbonyl (C=O) groups is 2. The Hall–Kier alpha value is -3.98. The number of aromatic hydroxyl groups is 2. The van der Waals surface area contributed by atoms with Crippen molar-refractivity contribution in [3.05, 3.63) is 76.7 Å². The number of fused-ring (bicyclic) bond motifs is 1. The van der Waals surface area contributed by atoms with Gasteiger partial charge in [-0.15, -0.1) is 0 Å². The standard InChI is InChI=1S/C29H33N3O6/c1-30(19-23-6-4-12-38-23)28(35)24-15-25(27(34)16-26(24)33)29(36)32-17-20-7-8-22(14-21(20)18-32)37-13-5-11-31-9-2-3-10-31/h4,6-8,12,14-16,33-34H,2-3,5,9-11,13,17-19H2,1H3. The van der Waals surface area contributed by atoms with E-state index < -0.39 is 17.6 Å². The molecule has 2 N–H and O–H groups in total. The third-order valence-corrected chi connectivity index (χ3v) is 7.17. The molecule has 1 aromatic heterocycles. The van der Waals surface area contributed by atoms with Gasteiger partial charge in [-0.1, -0.05) is 6.07 Å². The largest absolute Gasteiger partial charge is 0.507 e. The zero-order valence-corrected chi connectivity index (χ0v) is 21.6. The van der Waals surface area contributed by atoms with Crippen LogP contribution in [0.3, 0.4) is 0 Å². The molecule has 5 rings (SSSR count). The van der Waals surface area contributed by atoms with Crippen LogP contribution < -0.4 is 4.74 Å². The maximum absolute atomic E-state index is 13.4. The van der Waals surface area contributed by atoms with Gasteiger partial charge < -0.3 is 34.1 Å². The summed E-state index contributed by atoms with van der Waals surface area (Å²) in [6.45, 7) is 4.98. The van der Waals surface area contributed by atoms with E-state index in [2.05, 4.69) is 4.90 Å². The van der Waals surface area contributed by atoms with Crippen molar-refractivity contribution in [1.82, 2.24) is 14.7 Å². The number of benzene rings is 2. The number of ether oxygens (including phenoxy) is 1. The molecule has 2 aliphatic heterocycles. The maximum Gasteiger partial charge on any atom is 0.258 e. The molecule has 38 heavy (non-hydrogen) atoms. The zero-order valence-electron chi connectivity index (χ0n) is 21.6. The second kappa shape index (κ2) is 11.2. The molecule has 3 heterocycles. The second-order valence-electron chi connectivity index (χ2n) is 9.97. The van der Waals surface area contributed by atoms with E-state index in [9.17, 15) is 19.8 Å². The van der Waals surface area contributed by atoms with E-state index >= 15 is 0 Å². The Balaban J connectivity index is 1.23. The molecule has 2 aromatic carbocycles. The van der Waals surface area contributed by atoms with Crippen LogP contribution >= 0.6 is 0 Å². The molecule has 2 amide bonds. The number of likely N-dealkylation sites (tertiary alicyclic amines) is 1. The lowest BCUT2D eigenvalue weighted by Crippen LogP contribution is -2.28. The highest BCUT2D eigenvalue weighted by molar-refractivity contribution is 6.03. The fourth-order valence-electron chi connectivity index (χ4n) is 5.09. The van der Waals surface area contributed by atoms with Gasteiger partial charge in [0.25, 0.3) is 11.8 Å². The van der Waals surface area contributed by atoms with Gasteiger partial charge in [0.15, 0.2) is 0 Å². The van der Waals surface area contributed by atoms with Crippen LogP contribution in [-0.4, -0.2) is 70.0 Å². The van der Waals surface area contributed by atoms with Crippen molar-refractivity contribution in [3.63, 3.8) is 0 Å². The summed E-state index contributed by atoms with van der Waals surface area (Å²) in [4.78, 5) is 31.8. The summed E-state index contributed by atoms with van der Waals surface area (Å²) in [5, 5.41) is 20.8. The average molecular weight is 520 g/mol. The molecule has 0 bridgehead atoms. The number of rotatable bonds is 9. The Kier molecular flexibility index (Phi) is 7.55. The summed E-state index contributed by atoms with van der Waals surface area (Å²) in [7, 11) is 1.57. The van der Waals surface area contributed by atoms with Gasteiger partial charge in [0, 0.05) is 32.7 Å². The molecule has 2 aliphatic rings. The summed E-state index contributed by atoms with van der Waals surface area (Å²) in [5.74, 6) is -0.333. The van der Waals surface area contributed by atoms with Gasteiger partial charge >= 0.3 is 0 Å². The first-order valence-corrected chi connectivity index (χ1v) is 13.0. The normalized spacial score (nSPS) is 15.0. The van der Waals surface area contributed by atoms with Crippen LogP contribution in [0.2, 0.25) is 0 Å². The van der Waals surface area contributed by atoms with E-state index in [-0.39, 0.29) is 23.4 Å². The fourth-order valence-corrected chi connectivity index (χ4v) is 5.09. The van der Waals surface area contributed by atoms with Crippen molar-refractivity contribution in [2.45, 2.75) is 38.9 Å². The number of hydrogen-bond acceptors (Lipinski definition) is 7. The molecule has 0 saturated carbocycles. The number of phenols is 2. The van der Waals surface area contributed by atoms with Crippen LogP contribution in [0.1, 0.15) is 56.9 Å². The van der Waals surface area contributed by atoms with Crippen molar-refractivity contribution < 1.29 is 29.0 Å². The van der Waals surface area contributed by atoms with Crippen molar-refractivity contribution in [2.75, 3.05) is 33.3 Å². The molecule has 0 atom stereocenters. The van der Waals surface area contributed by atoms with Crippen molar-refractivity contribution in [3.8, 4) is 17.2 Å². The smallest absolute Gasteiger partial charge is 0.258 e. The highest BCUT2D eigenvalue weighted by atomic mass is 16.5. The number of nitrogens with zero attached hydrogens (tertiary/aromatic N) is 3. The van der Waals surface area contributed by atoms with Gasteiger partial charge in [-0.25, -0.2) is 0 Å². The monoisotopic (exact) mass is 519 g/mol. The lowest BCUT2D eigenvalue weighted by molar-refractivity contribution is 0.0748. The van der Waals surface area contributed by atoms with Crippen LogP contribution in [0, 0.1) is 0 Å². The van der Waals surface area contributed by atoms with Gasteiger partial charge in [0.05, 0.1) is 30.5 Å². The molecule has 9 nitrogen and oxygen atoms in total. The molecule has 200 valence electrons. The van der Waals surface area contributed by atoms with Crippen LogP contribution in [0.25, 0.3) is 0 Å². The van der Waals surface area contributed by atoms with E-state index in [0.717, 1.165) is 35.9 Å². The maximum atomic E-state index is 13.4. The van der Waals surface area contributed by atoms with Gasteiger partial charge in [0.2, 0.25) is 0 Å². The highest BCUT2D eigenvalue weighted by Gasteiger charge is 2.29. The number of hydrogen-bond donors (Lipinski definition) is 2. The number of furan rings is 1. The lowest BCUT2D eigenvalue weighted by Gasteiger charge is -2.19. The first kappa shape index (κ1) is 25.7. The average Bonchev–Trinajstić information content (AvgIpc) is 3.68. The minimum Gasteiger partial charge on any atom is -0.507 e. The van der Waals surface area contributed by atoms with Gasteiger partial charge in [-0.05, 0) is 73.8 Å². The quantitative estimate of drug-likeness (QED) is 0.412. The third-order valence-electron chi connectivity index (χ3n) is 7.17. The molecule has 1 saturated heterocycles. The van der Waals surface area contributed by atoms with E-state index in [1.807, 2.05) is 18.2 Å². The number of carbonyl (C=O) groups excluding carboxylic acids is 2. The van der Waals surface area contributed by atoms with Gasteiger partial charge in [-0.3, -0.25) is 9.59 Å². The van der Waals surface area contributed by atoms with Crippen LogP contribution in [0.15, 0.2) is 53.1 Å². The summed E-state index contributed by atoms with van der Waals surface area (Å²) in [6, 6.07) is 11.6.